The lowest BCUT2D eigenvalue weighted by Crippen LogP contribution is -2.63. The van der Waals surface area contributed by atoms with E-state index in [-0.39, 0.29) is 41.9 Å². The number of nitro groups is 1. The molecule has 0 radical (unpaired) electrons. The number of hydrogen-bond donors (Lipinski definition) is 5. The van der Waals surface area contributed by atoms with Crippen LogP contribution in [0.5, 0.6) is 5.75 Å². The van der Waals surface area contributed by atoms with E-state index in [4.69, 9.17) is 9.57 Å². The smallest absolute Gasteiger partial charge is 0.270 e. The molecule has 3 aliphatic carbocycles. The first-order chi connectivity index (χ1) is 27.1. The maximum Gasteiger partial charge on any atom is 0.270 e. The van der Waals surface area contributed by atoms with E-state index in [0.29, 0.717) is 53.2 Å². The van der Waals surface area contributed by atoms with E-state index in [1.54, 1.807) is 30.2 Å². The fourth-order valence-corrected chi connectivity index (χ4v) is 9.93. The number of para-hydroxylation sites is 1. The lowest BCUT2D eigenvalue weighted by atomic mass is 9.44. The van der Waals surface area contributed by atoms with Gasteiger partial charge in [-0.3, -0.25) is 25.1 Å². The molecule has 0 spiro atoms. The number of amides is 1. The zero-order valence-corrected chi connectivity index (χ0v) is 34.3. The van der Waals surface area contributed by atoms with Crippen LogP contribution in [0, 0.1) is 39.2 Å². The average molecular weight is 788 g/mol. The van der Waals surface area contributed by atoms with Crippen LogP contribution in [-0.2, 0) is 17.8 Å². The highest BCUT2D eigenvalue weighted by atomic mass is 16.7. The highest BCUT2D eigenvalue weighted by Crippen LogP contribution is 2.61. The second-order valence-corrected chi connectivity index (χ2v) is 17.4. The maximum absolute atomic E-state index is 13.8. The standard InChI is InChI=1S/C44H61N5O8/c1-26-36-21-32(44(36,3)4)22-37(26)46-43(53)40-39(27(2)51)38(25-50)57-48(40)23-29-14-11-15-35(41(29)56-7)30-18-31(20-34(19-30)49(54)55)42(52)45-33(24-47(5)6)17-16-28-12-9-8-10-13-28/h8-15,18-20,26-27,32-33,36-40,43,46,50-51,53H,16-17,21-25H2,1-7H3,(H,45,52)/t26-,27-,32-,33-,36+,37-,38-,39+,40-,43?/m0/s1. The predicted molar refractivity (Wildman–Crippen MR) is 218 cm³/mol. The first-order valence-corrected chi connectivity index (χ1v) is 20.2. The number of aliphatic hydroxyl groups excluding tert-OH is 3. The minimum Gasteiger partial charge on any atom is -0.496 e. The number of nitro benzene ring substituents is 1. The second-order valence-electron chi connectivity index (χ2n) is 17.4. The zero-order chi connectivity index (χ0) is 41.2. The summed E-state index contributed by atoms with van der Waals surface area (Å²) in [6.45, 7) is 8.88. The van der Waals surface area contributed by atoms with Crippen molar-refractivity contribution in [2.45, 2.75) is 96.5 Å². The quantitative estimate of drug-likeness (QED) is 0.0708. The van der Waals surface area contributed by atoms with Gasteiger partial charge in [0, 0.05) is 53.4 Å². The van der Waals surface area contributed by atoms with E-state index in [2.05, 4.69) is 43.5 Å². The largest absolute Gasteiger partial charge is 0.496 e. The molecule has 1 amide bonds. The number of hydroxylamine groups is 2. The van der Waals surface area contributed by atoms with Gasteiger partial charge in [-0.15, -0.1) is 0 Å². The van der Waals surface area contributed by atoms with Crippen molar-refractivity contribution < 1.29 is 34.6 Å². The average Bonchev–Trinajstić information content (AvgIpc) is 3.56. The summed E-state index contributed by atoms with van der Waals surface area (Å²) < 4.78 is 5.98. The van der Waals surface area contributed by atoms with Gasteiger partial charge in [-0.1, -0.05) is 69.3 Å². The first-order valence-electron chi connectivity index (χ1n) is 20.2. The Morgan fingerprint density at radius 3 is 2.46 bits per heavy atom. The lowest BCUT2D eigenvalue weighted by molar-refractivity contribution is -0.384. The third kappa shape index (κ3) is 9.20. The third-order valence-electron chi connectivity index (χ3n) is 13.1. The number of likely N-dealkylation sites (N-methyl/N-ethyl adjacent to an activating group) is 1. The van der Waals surface area contributed by atoms with Gasteiger partial charge in [0.15, 0.2) is 0 Å². The summed E-state index contributed by atoms with van der Waals surface area (Å²) in [7, 11) is 5.39. The van der Waals surface area contributed by atoms with Gasteiger partial charge in [-0.05, 0) is 87.1 Å². The van der Waals surface area contributed by atoms with Crippen molar-refractivity contribution in [2.75, 3.05) is 34.4 Å². The number of non-ortho nitro benzene ring substituents is 1. The van der Waals surface area contributed by atoms with Crippen LogP contribution in [-0.4, -0.2) is 107 Å². The van der Waals surface area contributed by atoms with Crippen LogP contribution in [0.25, 0.3) is 11.1 Å². The molecule has 13 heteroatoms. The number of ether oxygens (including phenoxy) is 1. The summed E-state index contributed by atoms with van der Waals surface area (Å²) in [4.78, 5) is 33.9. The number of carbonyl (C=O) groups excluding carboxylic acids is 1. The minimum absolute atomic E-state index is 0.0848. The number of benzene rings is 3. The summed E-state index contributed by atoms with van der Waals surface area (Å²) in [6.07, 6.45) is 0.839. The third-order valence-corrected chi connectivity index (χ3v) is 13.1. The molecule has 10 atom stereocenters. The maximum atomic E-state index is 13.8. The van der Waals surface area contributed by atoms with Gasteiger partial charge < -0.3 is 30.3 Å². The van der Waals surface area contributed by atoms with Crippen LogP contribution in [0.3, 0.4) is 0 Å². The van der Waals surface area contributed by atoms with Crippen LogP contribution in [0.15, 0.2) is 66.7 Å². The molecule has 3 aromatic carbocycles. The SMILES string of the molecule is COc1c(CN2O[C@@H](CO)[C@@H]([C@H](C)O)[C@H]2C(O)N[C@H]2C[C@@H]3C[C@H]([C@@H]2C)C3(C)C)cccc1-c1cc(C(=O)N[C@@H](CCc2ccccc2)CN(C)C)cc([N+](=O)[O-])c1. The fourth-order valence-electron chi connectivity index (χ4n) is 9.93. The molecule has 1 saturated heterocycles. The highest BCUT2D eigenvalue weighted by molar-refractivity contribution is 5.97. The molecule has 4 fully saturated rings. The van der Waals surface area contributed by atoms with Crippen LogP contribution < -0.4 is 15.4 Å². The molecular formula is C44H61N5O8. The summed E-state index contributed by atoms with van der Waals surface area (Å²) in [6, 6.07) is 19.0. The molecule has 7 rings (SSSR count). The van der Waals surface area contributed by atoms with Gasteiger partial charge in [0.1, 0.15) is 18.1 Å². The number of carbonyl (C=O) groups is 1. The topological polar surface area (TPSA) is 170 Å². The van der Waals surface area contributed by atoms with Crippen molar-refractivity contribution in [3.05, 3.63) is 93.5 Å². The van der Waals surface area contributed by atoms with E-state index < -0.39 is 41.2 Å². The molecule has 1 heterocycles. The second kappa shape index (κ2) is 17.9. The van der Waals surface area contributed by atoms with E-state index in [1.807, 2.05) is 43.3 Å². The molecule has 1 aliphatic heterocycles. The van der Waals surface area contributed by atoms with Crippen LogP contribution in [0.2, 0.25) is 0 Å². The summed E-state index contributed by atoms with van der Waals surface area (Å²) in [5, 5.41) is 53.7. The summed E-state index contributed by atoms with van der Waals surface area (Å²) >= 11 is 0. The Hall–Kier alpha value is -3.95. The minimum atomic E-state index is -1.08. The van der Waals surface area contributed by atoms with E-state index in [0.717, 1.165) is 18.4 Å². The Morgan fingerprint density at radius 2 is 1.84 bits per heavy atom. The molecule has 57 heavy (non-hydrogen) atoms. The number of nitrogens with zero attached hydrogens (tertiary/aromatic N) is 3. The van der Waals surface area contributed by atoms with Gasteiger partial charge >= 0.3 is 0 Å². The molecule has 1 unspecified atom stereocenters. The Labute approximate surface area is 336 Å². The van der Waals surface area contributed by atoms with Crippen molar-refractivity contribution in [1.29, 1.82) is 0 Å². The first kappa shape index (κ1) is 42.7. The van der Waals surface area contributed by atoms with Gasteiger partial charge in [-0.2, -0.15) is 5.06 Å². The van der Waals surface area contributed by atoms with E-state index >= 15 is 0 Å². The van der Waals surface area contributed by atoms with Gasteiger partial charge in [0.05, 0.1) is 37.3 Å². The number of fused-ring (bicyclic) bond motifs is 2. The number of rotatable bonds is 17. The Bertz CT molecular complexity index is 1860. The number of aliphatic hydroxyl groups is 3. The van der Waals surface area contributed by atoms with Crippen molar-refractivity contribution >= 4 is 11.6 Å². The van der Waals surface area contributed by atoms with Gasteiger partial charge in [0.25, 0.3) is 11.6 Å². The van der Waals surface area contributed by atoms with Gasteiger partial charge in [0.2, 0.25) is 0 Å². The van der Waals surface area contributed by atoms with Crippen molar-refractivity contribution in [3.63, 3.8) is 0 Å². The molecular weight excluding hydrogens is 727 g/mol. The van der Waals surface area contributed by atoms with Crippen LogP contribution >= 0.6 is 0 Å². The van der Waals surface area contributed by atoms with Crippen molar-refractivity contribution in [2.24, 2.45) is 29.1 Å². The molecule has 13 nitrogen and oxygen atoms in total. The number of hydrogen-bond acceptors (Lipinski definition) is 11. The Morgan fingerprint density at radius 1 is 1.11 bits per heavy atom. The summed E-state index contributed by atoms with van der Waals surface area (Å²) in [5.41, 5.74) is 2.94. The predicted octanol–water partition coefficient (Wildman–Crippen LogP) is 5.02. The molecule has 3 saturated carbocycles. The highest BCUT2D eigenvalue weighted by Gasteiger charge is 2.57. The number of nitrogens with one attached hydrogen (secondary N) is 2. The number of aryl methyl sites for hydroxylation is 1. The number of methoxy groups -OCH3 is 1. The van der Waals surface area contributed by atoms with E-state index in [1.165, 1.54) is 25.7 Å². The molecule has 0 aromatic heterocycles. The zero-order valence-electron chi connectivity index (χ0n) is 34.3. The molecule has 2 bridgehead atoms. The molecule has 5 N–H and O–H groups in total. The molecule has 4 aliphatic rings. The molecule has 3 aromatic rings. The van der Waals surface area contributed by atoms with Crippen LogP contribution in [0.4, 0.5) is 5.69 Å². The van der Waals surface area contributed by atoms with E-state index in [9.17, 15) is 30.2 Å². The van der Waals surface area contributed by atoms with Crippen molar-refractivity contribution in [3.8, 4) is 16.9 Å². The molecule has 310 valence electrons. The fraction of sp³-hybridized carbons (Fsp3) is 0.568. The van der Waals surface area contributed by atoms with Gasteiger partial charge in [-0.25, -0.2) is 0 Å². The summed E-state index contributed by atoms with van der Waals surface area (Å²) in [5.74, 6) is 0.855. The Kier molecular flexibility index (Phi) is 13.4. The van der Waals surface area contributed by atoms with Crippen LogP contribution in [0.1, 0.15) is 68.4 Å². The lowest BCUT2D eigenvalue weighted by Gasteiger charge is -2.62. The normalized spacial score (nSPS) is 27.0. The van der Waals surface area contributed by atoms with Crippen molar-refractivity contribution in [1.82, 2.24) is 20.6 Å². The Balaban J connectivity index is 1.27. The monoisotopic (exact) mass is 787 g/mol.